The van der Waals surface area contributed by atoms with E-state index < -0.39 is 6.09 Å². The minimum atomic E-state index is -0.809. The monoisotopic (exact) mass is 289 g/mol. The maximum Gasteiger partial charge on any atom is 0.407 e. The van der Waals surface area contributed by atoms with Crippen molar-refractivity contribution in [1.29, 1.82) is 0 Å². The maximum absolute atomic E-state index is 10.9. The predicted octanol–water partition coefficient (Wildman–Crippen LogP) is 1.63. The topological polar surface area (TPSA) is 96.8 Å². The van der Waals surface area contributed by atoms with E-state index in [-0.39, 0.29) is 5.95 Å². The number of hydrogen-bond acceptors (Lipinski definition) is 4. The zero-order valence-electron chi connectivity index (χ0n) is 11.8. The molecule has 2 aromatic rings. The van der Waals surface area contributed by atoms with Crippen LogP contribution in [-0.2, 0) is 6.42 Å². The van der Waals surface area contributed by atoms with Gasteiger partial charge in [-0.15, -0.1) is 5.10 Å². The fourth-order valence-corrected chi connectivity index (χ4v) is 2.93. The van der Waals surface area contributed by atoms with E-state index in [0.29, 0.717) is 19.0 Å². The number of nitrogens with zero attached hydrogens (tertiary/aromatic N) is 4. The van der Waals surface area contributed by atoms with Crippen LogP contribution in [0, 0.1) is 5.92 Å². The molecular formula is C14H19N5O2. The molecule has 0 atom stereocenters. The fourth-order valence-electron chi connectivity index (χ4n) is 2.93. The van der Waals surface area contributed by atoms with Crippen LogP contribution in [0.4, 0.5) is 10.7 Å². The van der Waals surface area contributed by atoms with E-state index in [1.165, 1.54) is 4.90 Å². The van der Waals surface area contributed by atoms with Gasteiger partial charge < -0.3 is 15.7 Å². The predicted molar refractivity (Wildman–Crippen MR) is 78.0 cm³/mol. The molecule has 7 heteroatoms. The molecule has 112 valence electrons. The first-order chi connectivity index (χ1) is 10.1. The van der Waals surface area contributed by atoms with Crippen LogP contribution in [0.3, 0.4) is 0 Å². The van der Waals surface area contributed by atoms with Crippen molar-refractivity contribution in [2.24, 2.45) is 5.92 Å². The molecule has 1 amide bonds. The van der Waals surface area contributed by atoms with Gasteiger partial charge in [0.25, 0.3) is 0 Å². The van der Waals surface area contributed by atoms with E-state index in [2.05, 4.69) is 10.1 Å². The van der Waals surface area contributed by atoms with Gasteiger partial charge in [-0.2, -0.15) is 4.98 Å². The molecule has 0 radical (unpaired) electrons. The highest BCUT2D eigenvalue weighted by atomic mass is 16.4. The molecule has 3 rings (SSSR count). The number of amides is 1. The normalized spacial score (nSPS) is 16.5. The minimum Gasteiger partial charge on any atom is -0.465 e. The molecule has 1 aliphatic heterocycles. The Labute approximate surface area is 122 Å². The zero-order valence-corrected chi connectivity index (χ0v) is 11.8. The summed E-state index contributed by atoms with van der Waals surface area (Å²) in [6.07, 6.45) is 2.99. The Morgan fingerprint density at radius 1 is 1.38 bits per heavy atom. The van der Waals surface area contributed by atoms with E-state index in [4.69, 9.17) is 10.8 Å². The van der Waals surface area contributed by atoms with Crippen molar-refractivity contribution >= 4 is 17.7 Å². The summed E-state index contributed by atoms with van der Waals surface area (Å²) in [7, 11) is 0. The van der Waals surface area contributed by atoms with Gasteiger partial charge in [0.1, 0.15) is 0 Å². The second-order valence-electron chi connectivity index (χ2n) is 5.51. The Morgan fingerprint density at radius 3 is 2.86 bits per heavy atom. The Kier molecular flexibility index (Phi) is 3.64. The number of carboxylic acid groups (broad SMARTS) is 1. The van der Waals surface area contributed by atoms with Crippen molar-refractivity contribution in [1.82, 2.24) is 19.5 Å². The third-order valence-electron chi connectivity index (χ3n) is 4.15. The number of pyridine rings is 1. The van der Waals surface area contributed by atoms with Crippen molar-refractivity contribution in [3.8, 4) is 0 Å². The second kappa shape index (κ2) is 5.59. The third-order valence-corrected chi connectivity index (χ3v) is 4.15. The van der Waals surface area contributed by atoms with Crippen LogP contribution in [0.2, 0.25) is 0 Å². The van der Waals surface area contributed by atoms with Crippen molar-refractivity contribution < 1.29 is 9.90 Å². The molecule has 3 heterocycles. The third kappa shape index (κ3) is 2.91. The number of nitrogen functional groups attached to an aromatic ring is 1. The number of rotatable bonds is 3. The summed E-state index contributed by atoms with van der Waals surface area (Å²) in [5.41, 5.74) is 7.50. The second-order valence-corrected chi connectivity index (χ2v) is 5.51. The van der Waals surface area contributed by atoms with Gasteiger partial charge in [0.15, 0.2) is 5.65 Å². The highest BCUT2D eigenvalue weighted by molar-refractivity contribution is 5.64. The molecule has 0 saturated carbocycles. The van der Waals surface area contributed by atoms with Gasteiger partial charge in [0, 0.05) is 18.8 Å². The van der Waals surface area contributed by atoms with Gasteiger partial charge >= 0.3 is 6.09 Å². The number of fused-ring (bicyclic) bond motifs is 1. The highest BCUT2D eigenvalue weighted by Gasteiger charge is 2.22. The average molecular weight is 289 g/mol. The first-order valence-corrected chi connectivity index (χ1v) is 7.21. The molecule has 0 unspecified atom stereocenters. The number of aryl methyl sites for hydroxylation is 1. The molecule has 3 N–H and O–H groups in total. The number of piperidine rings is 1. The SMILES string of the molecule is Nc1nc2cccc(CCC3CCN(C(=O)O)CC3)n2n1. The smallest absolute Gasteiger partial charge is 0.407 e. The van der Waals surface area contributed by atoms with Crippen molar-refractivity contribution in [2.45, 2.75) is 25.7 Å². The molecule has 21 heavy (non-hydrogen) atoms. The van der Waals surface area contributed by atoms with Crippen molar-refractivity contribution in [3.63, 3.8) is 0 Å². The van der Waals surface area contributed by atoms with E-state index in [0.717, 1.165) is 37.0 Å². The van der Waals surface area contributed by atoms with Crippen LogP contribution >= 0.6 is 0 Å². The van der Waals surface area contributed by atoms with Crippen LogP contribution in [0.1, 0.15) is 25.0 Å². The van der Waals surface area contributed by atoms with E-state index in [9.17, 15) is 4.79 Å². The van der Waals surface area contributed by atoms with Crippen LogP contribution in [0.5, 0.6) is 0 Å². The standard InChI is InChI=1S/C14H19N5O2/c15-13-16-12-3-1-2-11(19(12)17-13)5-4-10-6-8-18(9-7-10)14(20)21/h1-3,10H,4-9H2,(H2,15,17)(H,20,21). The molecule has 0 bridgehead atoms. The van der Waals surface area contributed by atoms with Gasteiger partial charge in [-0.05, 0) is 43.7 Å². The lowest BCUT2D eigenvalue weighted by atomic mass is 9.91. The number of nitrogens with two attached hydrogens (primary N) is 1. The lowest BCUT2D eigenvalue weighted by Crippen LogP contribution is -2.37. The van der Waals surface area contributed by atoms with Crippen LogP contribution in [0.15, 0.2) is 18.2 Å². The molecule has 1 saturated heterocycles. The number of hydrogen-bond donors (Lipinski definition) is 2. The molecule has 0 aliphatic carbocycles. The van der Waals surface area contributed by atoms with Gasteiger partial charge in [-0.3, -0.25) is 0 Å². The van der Waals surface area contributed by atoms with Gasteiger partial charge in [-0.1, -0.05) is 6.07 Å². The molecule has 1 fully saturated rings. The summed E-state index contributed by atoms with van der Waals surface area (Å²) in [6, 6.07) is 5.89. The van der Waals surface area contributed by atoms with E-state index in [1.54, 1.807) is 4.52 Å². The Bertz CT molecular complexity index is 646. The van der Waals surface area contributed by atoms with Crippen molar-refractivity contribution in [3.05, 3.63) is 23.9 Å². The Balaban J connectivity index is 1.61. The zero-order chi connectivity index (χ0) is 14.8. The summed E-state index contributed by atoms with van der Waals surface area (Å²) in [4.78, 5) is 16.5. The van der Waals surface area contributed by atoms with Crippen LogP contribution in [0.25, 0.3) is 5.65 Å². The van der Waals surface area contributed by atoms with Gasteiger partial charge in [-0.25, -0.2) is 9.31 Å². The average Bonchev–Trinajstić information content (AvgIpc) is 2.86. The van der Waals surface area contributed by atoms with Crippen molar-refractivity contribution in [2.75, 3.05) is 18.8 Å². The quantitative estimate of drug-likeness (QED) is 0.895. The van der Waals surface area contributed by atoms with Crippen LogP contribution in [-0.4, -0.2) is 43.8 Å². The Morgan fingerprint density at radius 2 is 2.14 bits per heavy atom. The minimum absolute atomic E-state index is 0.289. The summed E-state index contributed by atoms with van der Waals surface area (Å²) >= 11 is 0. The number of carbonyl (C=O) groups is 1. The maximum atomic E-state index is 10.9. The van der Waals surface area contributed by atoms with E-state index in [1.807, 2.05) is 18.2 Å². The number of aromatic nitrogens is 3. The molecule has 2 aromatic heterocycles. The molecule has 0 spiro atoms. The first-order valence-electron chi connectivity index (χ1n) is 7.21. The largest absolute Gasteiger partial charge is 0.465 e. The summed E-state index contributed by atoms with van der Waals surface area (Å²) in [5.74, 6) is 0.856. The fraction of sp³-hybridized carbons (Fsp3) is 0.500. The van der Waals surface area contributed by atoms with Gasteiger partial charge in [0.05, 0.1) is 0 Å². The lowest BCUT2D eigenvalue weighted by molar-refractivity contribution is 0.123. The highest BCUT2D eigenvalue weighted by Crippen LogP contribution is 2.22. The van der Waals surface area contributed by atoms with E-state index >= 15 is 0 Å². The van der Waals surface area contributed by atoms with Crippen LogP contribution < -0.4 is 5.73 Å². The Hall–Kier alpha value is -2.31. The summed E-state index contributed by atoms with van der Waals surface area (Å²) in [5, 5.41) is 13.2. The summed E-state index contributed by atoms with van der Waals surface area (Å²) < 4.78 is 1.79. The molecule has 7 nitrogen and oxygen atoms in total. The molecular weight excluding hydrogens is 270 g/mol. The molecule has 0 aromatic carbocycles. The first kappa shape index (κ1) is 13.7. The summed E-state index contributed by atoms with van der Waals surface area (Å²) in [6.45, 7) is 1.28. The number of likely N-dealkylation sites (tertiary alicyclic amines) is 1. The lowest BCUT2D eigenvalue weighted by Gasteiger charge is -2.29. The number of anilines is 1. The molecule has 1 aliphatic rings. The van der Waals surface area contributed by atoms with Gasteiger partial charge in [0.2, 0.25) is 5.95 Å².